The minimum atomic E-state index is -1.26. The number of rotatable bonds is 4. The summed E-state index contributed by atoms with van der Waals surface area (Å²) in [5.41, 5.74) is 0.132. The summed E-state index contributed by atoms with van der Waals surface area (Å²) in [6, 6.07) is 0.724. The molecule has 2 amide bonds. The molecule has 0 spiro atoms. The van der Waals surface area contributed by atoms with Crippen LogP contribution in [0.2, 0.25) is 0 Å². The molecule has 144 valence electrons. The highest BCUT2D eigenvalue weighted by Crippen LogP contribution is 2.23. The van der Waals surface area contributed by atoms with Gasteiger partial charge >= 0.3 is 12.0 Å². The van der Waals surface area contributed by atoms with Crippen LogP contribution >= 0.6 is 0 Å². The van der Waals surface area contributed by atoms with Gasteiger partial charge in [-0.25, -0.2) is 14.6 Å². The van der Waals surface area contributed by atoms with Crippen LogP contribution in [0.5, 0.6) is 0 Å². The number of esters is 1. The molecule has 0 aliphatic carbocycles. The van der Waals surface area contributed by atoms with E-state index >= 15 is 0 Å². The van der Waals surface area contributed by atoms with Crippen molar-refractivity contribution in [2.75, 3.05) is 25.0 Å². The Labute approximate surface area is 154 Å². The minimum absolute atomic E-state index is 0.0346. The number of urea groups is 1. The molecular formula is C17H19F2N5O3. The minimum Gasteiger partial charge on any atom is -0.462 e. The molecule has 10 heteroatoms. The fourth-order valence-electron chi connectivity index (χ4n) is 2.90. The lowest BCUT2D eigenvalue weighted by Gasteiger charge is -2.32. The van der Waals surface area contributed by atoms with Crippen molar-refractivity contribution < 1.29 is 23.1 Å². The van der Waals surface area contributed by atoms with Crippen LogP contribution in [0.15, 0.2) is 24.7 Å². The van der Waals surface area contributed by atoms with Crippen molar-refractivity contribution in [1.82, 2.24) is 19.7 Å². The van der Waals surface area contributed by atoms with Gasteiger partial charge in [-0.05, 0) is 25.8 Å². The van der Waals surface area contributed by atoms with E-state index in [1.54, 1.807) is 17.8 Å². The van der Waals surface area contributed by atoms with E-state index in [4.69, 9.17) is 4.74 Å². The largest absolute Gasteiger partial charge is 0.462 e. The van der Waals surface area contributed by atoms with Gasteiger partial charge in [0.05, 0.1) is 30.1 Å². The molecule has 27 heavy (non-hydrogen) atoms. The number of pyridine rings is 1. The Bertz CT molecular complexity index is 834. The highest BCUT2D eigenvalue weighted by Gasteiger charge is 2.26. The number of anilines is 1. The van der Waals surface area contributed by atoms with Crippen LogP contribution in [0.1, 0.15) is 36.2 Å². The number of amides is 2. The summed E-state index contributed by atoms with van der Waals surface area (Å²) >= 11 is 0. The molecule has 1 saturated heterocycles. The third kappa shape index (κ3) is 4.21. The first-order valence-corrected chi connectivity index (χ1v) is 8.56. The smallest absolute Gasteiger partial charge is 0.341 e. The third-order valence-electron chi connectivity index (χ3n) is 4.33. The molecule has 1 N–H and O–H groups in total. The highest BCUT2D eigenvalue weighted by atomic mass is 19.2. The van der Waals surface area contributed by atoms with E-state index in [1.165, 1.54) is 17.2 Å². The van der Waals surface area contributed by atoms with Crippen molar-refractivity contribution in [2.45, 2.75) is 25.8 Å². The van der Waals surface area contributed by atoms with Crippen molar-refractivity contribution in [3.8, 4) is 0 Å². The Kier molecular flexibility index (Phi) is 5.63. The summed E-state index contributed by atoms with van der Waals surface area (Å²) < 4.78 is 33.4. The number of hydrogen-bond acceptors (Lipinski definition) is 5. The lowest BCUT2D eigenvalue weighted by Crippen LogP contribution is -2.41. The van der Waals surface area contributed by atoms with Crippen LogP contribution in [-0.4, -0.2) is 51.4 Å². The maximum Gasteiger partial charge on any atom is 0.341 e. The van der Waals surface area contributed by atoms with Gasteiger partial charge in [-0.2, -0.15) is 13.9 Å². The fourth-order valence-corrected chi connectivity index (χ4v) is 2.90. The summed E-state index contributed by atoms with van der Waals surface area (Å²) in [4.78, 5) is 28.7. The normalized spacial score (nSPS) is 14.9. The molecule has 1 aliphatic rings. The number of likely N-dealkylation sites (tertiary alicyclic amines) is 1. The molecule has 2 aromatic rings. The fraction of sp³-hybridized carbons (Fsp3) is 0.412. The van der Waals surface area contributed by atoms with E-state index in [0.29, 0.717) is 38.1 Å². The molecule has 0 bridgehead atoms. The number of carbonyl (C=O) groups is 2. The van der Waals surface area contributed by atoms with Gasteiger partial charge in [-0.15, -0.1) is 0 Å². The zero-order chi connectivity index (χ0) is 19.4. The topological polar surface area (TPSA) is 89.4 Å². The summed E-state index contributed by atoms with van der Waals surface area (Å²) in [6.07, 6.45) is 5.40. The number of carbonyl (C=O) groups excluding carboxylic acids is 2. The number of nitrogens with one attached hydrogen (secondary N) is 1. The first-order valence-electron chi connectivity index (χ1n) is 8.56. The molecule has 0 unspecified atom stereocenters. The van der Waals surface area contributed by atoms with Gasteiger partial charge in [0.1, 0.15) is 0 Å². The van der Waals surface area contributed by atoms with Gasteiger partial charge in [0, 0.05) is 25.5 Å². The molecule has 0 radical (unpaired) electrons. The zero-order valence-electron chi connectivity index (χ0n) is 14.7. The number of piperidine rings is 1. The van der Waals surface area contributed by atoms with Gasteiger partial charge in [0.15, 0.2) is 0 Å². The average molecular weight is 379 g/mol. The monoisotopic (exact) mass is 379 g/mol. The van der Waals surface area contributed by atoms with Gasteiger partial charge in [0.25, 0.3) is 5.95 Å². The van der Waals surface area contributed by atoms with Crippen LogP contribution in [0.3, 0.4) is 0 Å². The van der Waals surface area contributed by atoms with Crippen LogP contribution < -0.4 is 5.32 Å². The molecule has 3 heterocycles. The summed E-state index contributed by atoms with van der Waals surface area (Å²) in [6.45, 7) is 2.86. The van der Waals surface area contributed by atoms with Crippen molar-refractivity contribution in [3.63, 3.8) is 0 Å². The lowest BCUT2D eigenvalue weighted by molar-refractivity contribution is 0.0526. The van der Waals surface area contributed by atoms with Gasteiger partial charge in [-0.3, -0.25) is 4.68 Å². The zero-order valence-corrected chi connectivity index (χ0v) is 14.7. The second-order valence-corrected chi connectivity index (χ2v) is 6.04. The van der Waals surface area contributed by atoms with Crippen LogP contribution in [-0.2, 0) is 4.74 Å². The standard InChI is InChI=1S/C17H19F2N5O3/c1-2-27-16(25)11-9-21-24(10-11)12-4-7-23(8-5-12)17(26)22-13-3-6-20-15(19)14(13)18/h3,6,9-10,12H,2,4-5,7-8H2,1H3,(H,20,22,26). The van der Waals surface area contributed by atoms with E-state index in [2.05, 4.69) is 15.4 Å². The SMILES string of the molecule is CCOC(=O)c1cnn(C2CCN(C(=O)Nc3ccnc(F)c3F)CC2)c1. The molecule has 3 rings (SSSR count). The van der Waals surface area contributed by atoms with E-state index in [-0.39, 0.29) is 11.7 Å². The average Bonchev–Trinajstić information content (AvgIpc) is 3.16. The van der Waals surface area contributed by atoms with E-state index in [9.17, 15) is 18.4 Å². The molecule has 0 saturated carbocycles. The van der Waals surface area contributed by atoms with Crippen LogP contribution in [0, 0.1) is 11.8 Å². The maximum absolute atomic E-state index is 13.6. The molecule has 2 aromatic heterocycles. The van der Waals surface area contributed by atoms with Crippen molar-refractivity contribution in [2.24, 2.45) is 0 Å². The predicted octanol–water partition coefficient (Wildman–Crippen LogP) is 2.60. The van der Waals surface area contributed by atoms with Crippen LogP contribution in [0.25, 0.3) is 0 Å². The van der Waals surface area contributed by atoms with Crippen molar-refractivity contribution in [1.29, 1.82) is 0 Å². The van der Waals surface area contributed by atoms with Crippen molar-refractivity contribution >= 4 is 17.7 Å². The number of aromatic nitrogens is 3. The summed E-state index contributed by atoms with van der Waals surface area (Å²) in [5, 5.41) is 6.56. The van der Waals surface area contributed by atoms with E-state index in [1.807, 2.05) is 0 Å². The Morgan fingerprint density at radius 2 is 2.07 bits per heavy atom. The molecule has 1 fully saturated rings. The molecule has 0 atom stereocenters. The second-order valence-electron chi connectivity index (χ2n) is 6.04. The van der Waals surface area contributed by atoms with E-state index in [0.717, 1.165) is 6.20 Å². The summed E-state index contributed by atoms with van der Waals surface area (Å²) in [7, 11) is 0. The second kappa shape index (κ2) is 8.11. The maximum atomic E-state index is 13.6. The Morgan fingerprint density at radius 3 is 2.78 bits per heavy atom. The Morgan fingerprint density at radius 1 is 1.33 bits per heavy atom. The van der Waals surface area contributed by atoms with Crippen molar-refractivity contribution in [3.05, 3.63) is 42.0 Å². The van der Waals surface area contributed by atoms with Gasteiger partial charge in [0.2, 0.25) is 5.82 Å². The number of hydrogen-bond donors (Lipinski definition) is 1. The van der Waals surface area contributed by atoms with Gasteiger partial charge in [-0.1, -0.05) is 0 Å². The quantitative estimate of drug-likeness (QED) is 0.652. The summed E-state index contributed by atoms with van der Waals surface area (Å²) in [5.74, 6) is -2.88. The van der Waals surface area contributed by atoms with Gasteiger partial charge < -0.3 is 15.0 Å². The highest BCUT2D eigenvalue weighted by molar-refractivity contribution is 5.89. The first kappa shape index (κ1) is 18.7. The molecule has 8 nitrogen and oxygen atoms in total. The number of halogens is 2. The molecular weight excluding hydrogens is 360 g/mol. The molecule has 1 aliphatic heterocycles. The Balaban J connectivity index is 1.56. The van der Waals surface area contributed by atoms with E-state index < -0.39 is 23.8 Å². The van der Waals surface area contributed by atoms with Crippen LogP contribution in [0.4, 0.5) is 19.3 Å². The third-order valence-corrected chi connectivity index (χ3v) is 4.33. The molecule has 0 aromatic carbocycles. The lowest BCUT2D eigenvalue weighted by atomic mass is 10.1. The number of nitrogens with zero attached hydrogens (tertiary/aromatic N) is 4. The first-order chi connectivity index (χ1) is 13.0. The number of ether oxygens (including phenoxy) is 1. The predicted molar refractivity (Wildman–Crippen MR) is 91.2 cm³/mol. The Hall–Kier alpha value is -3.04.